The monoisotopic (exact) mass is 294 g/mol. The van der Waals surface area contributed by atoms with Crippen LogP contribution in [0.25, 0.3) is 0 Å². The molecule has 120 valence electrons. The molecule has 1 aromatic heterocycles. The first-order valence-electron chi connectivity index (χ1n) is 7.80. The van der Waals surface area contributed by atoms with E-state index in [0.717, 1.165) is 37.2 Å². The molecule has 0 saturated carbocycles. The van der Waals surface area contributed by atoms with Gasteiger partial charge in [0.1, 0.15) is 18.8 Å². The minimum Gasteiger partial charge on any atom is -0.475 e. The van der Waals surface area contributed by atoms with E-state index in [1.54, 1.807) is 6.33 Å². The van der Waals surface area contributed by atoms with Crippen LogP contribution in [0.2, 0.25) is 0 Å². The average Bonchev–Trinajstić information content (AvgIpc) is 2.44. The number of anilines is 1. The maximum atomic E-state index is 6.00. The molecule has 0 aliphatic heterocycles. The van der Waals surface area contributed by atoms with E-state index in [0.29, 0.717) is 12.5 Å². The Morgan fingerprint density at radius 3 is 2.48 bits per heavy atom. The minimum absolute atomic E-state index is 0.0363. The Morgan fingerprint density at radius 1 is 1.19 bits per heavy atom. The molecular weight excluding hydrogens is 264 g/mol. The quantitative estimate of drug-likeness (QED) is 0.759. The summed E-state index contributed by atoms with van der Waals surface area (Å²) in [6.07, 6.45) is 4.61. The predicted octanol–water partition coefficient (Wildman–Crippen LogP) is 2.97. The summed E-state index contributed by atoms with van der Waals surface area (Å²) in [6.45, 7) is 10.1. The van der Waals surface area contributed by atoms with Crippen LogP contribution >= 0.6 is 0 Å². The van der Waals surface area contributed by atoms with Gasteiger partial charge in [-0.05, 0) is 40.8 Å². The van der Waals surface area contributed by atoms with E-state index < -0.39 is 0 Å². The van der Waals surface area contributed by atoms with E-state index in [1.165, 1.54) is 0 Å². The minimum atomic E-state index is -0.0363. The van der Waals surface area contributed by atoms with Gasteiger partial charge in [-0.25, -0.2) is 9.97 Å². The Labute approximate surface area is 129 Å². The van der Waals surface area contributed by atoms with Crippen molar-refractivity contribution in [3.63, 3.8) is 0 Å². The van der Waals surface area contributed by atoms with Crippen molar-refractivity contribution in [3.8, 4) is 5.88 Å². The molecule has 0 amide bonds. The largest absolute Gasteiger partial charge is 0.475 e. The maximum Gasteiger partial charge on any atom is 0.221 e. The molecule has 0 aliphatic carbocycles. The summed E-state index contributed by atoms with van der Waals surface area (Å²) in [6, 6.07) is 0. The second-order valence-corrected chi connectivity index (χ2v) is 6.18. The number of ether oxygens (including phenoxy) is 1. The van der Waals surface area contributed by atoms with Gasteiger partial charge < -0.3 is 15.0 Å². The van der Waals surface area contributed by atoms with Gasteiger partial charge in [0.05, 0.1) is 5.56 Å². The first-order valence-corrected chi connectivity index (χ1v) is 7.80. The third-order valence-corrected chi connectivity index (χ3v) is 3.72. The maximum absolute atomic E-state index is 6.00. The Kier molecular flexibility index (Phi) is 6.89. The highest BCUT2D eigenvalue weighted by Gasteiger charge is 2.23. The lowest BCUT2D eigenvalue weighted by molar-refractivity contribution is 0.110. The Hall–Kier alpha value is -1.36. The number of hydrogen-bond acceptors (Lipinski definition) is 5. The summed E-state index contributed by atoms with van der Waals surface area (Å²) in [5, 5.41) is 3.37. The molecule has 0 spiro atoms. The fourth-order valence-electron chi connectivity index (χ4n) is 1.77. The molecule has 1 N–H and O–H groups in total. The fraction of sp³-hybridized carbons (Fsp3) is 0.750. The van der Waals surface area contributed by atoms with Gasteiger partial charge in [0.25, 0.3) is 0 Å². The average molecular weight is 294 g/mol. The second kappa shape index (κ2) is 8.17. The van der Waals surface area contributed by atoms with Gasteiger partial charge in [-0.1, -0.05) is 20.3 Å². The molecule has 0 fully saturated rings. The normalized spacial score (nSPS) is 11.8. The van der Waals surface area contributed by atoms with Crippen molar-refractivity contribution in [3.05, 3.63) is 11.9 Å². The van der Waals surface area contributed by atoms with Gasteiger partial charge >= 0.3 is 0 Å². The zero-order chi connectivity index (χ0) is 15.9. The SMILES string of the molecule is CCCNc1ncnc(OCC(C)(C)N(C)C)c1CCC. The number of rotatable bonds is 9. The van der Waals surface area contributed by atoms with Gasteiger partial charge in [0, 0.05) is 12.1 Å². The summed E-state index contributed by atoms with van der Waals surface area (Å²) < 4.78 is 6.00. The topological polar surface area (TPSA) is 50.3 Å². The fourth-order valence-corrected chi connectivity index (χ4v) is 1.77. The molecule has 5 nitrogen and oxygen atoms in total. The molecule has 0 bridgehead atoms. The van der Waals surface area contributed by atoms with Crippen LogP contribution in [-0.2, 0) is 6.42 Å². The number of nitrogens with one attached hydrogen (secondary N) is 1. The lowest BCUT2D eigenvalue weighted by Crippen LogP contribution is -2.43. The molecule has 0 saturated heterocycles. The number of hydrogen-bond donors (Lipinski definition) is 1. The van der Waals surface area contributed by atoms with Crippen molar-refractivity contribution < 1.29 is 4.74 Å². The Bertz CT molecular complexity index is 432. The molecule has 0 aromatic carbocycles. The molecule has 0 radical (unpaired) electrons. The highest BCUT2D eigenvalue weighted by molar-refractivity contribution is 5.48. The summed E-state index contributed by atoms with van der Waals surface area (Å²) in [5.74, 6) is 1.62. The lowest BCUT2D eigenvalue weighted by Gasteiger charge is -2.32. The van der Waals surface area contributed by atoms with Gasteiger partial charge in [-0.3, -0.25) is 0 Å². The van der Waals surface area contributed by atoms with Gasteiger partial charge in [-0.15, -0.1) is 0 Å². The van der Waals surface area contributed by atoms with Gasteiger partial charge in [0.15, 0.2) is 0 Å². The van der Waals surface area contributed by atoms with Crippen LogP contribution in [0.5, 0.6) is 5.88 Å². The van der Waals surface area contributed by atoms with E-state index in [1.807, 2.05) is 0 Å². The smallest absolute Gasteiger partial charge is 0.221 e. The van der Waals surface area contributed by atoms with Crippen LogP contribution in [0.3, 0.4) is 0 Å². The molecule has 5 heteroatoms. The van der Waals surface area contributed by atoms with Crippen molar-refractivity contribution in [1.29, 1.82) is 0 Å². The van der Waals surface area contributed by atoms with E-state index >= 15 is 0 Å². The van der Waals surface area contributed by atoms with Crippen LogP contribution in [0.4, 0.5) is 5.82 Å². The van der Waals surface area contributed by atoms with E-state index in [4.69, 9.17) is 4.74 Å². The Balaban J connectivity index is 2.90. The molecule has 0 atom stereocenters. The van der Waals surface area contributed by atoms with Gasteiger partial charge in [-0.2, -0.15) is 0 Å². The zero-order valence-electron chi connectivity index (χ0n) is 14.4. The molecule has 0 unspecified atom stereocenters. The summed E-state index contributed by atoms with van der Waals surface area (Å²) in [7, 11) is 4.12. The second-order valence-electron chi connectivity index (χ2n) is 6.18. The molecule has 1 heterocycles. The van der Waals surface area contributed by atoms with Crippen molar-refractivity contribution in [2.45, 2.75) is 52.5 Å². The van der Waals surface area contributed by atoms with Gasteiger partial charge in [0.2, 0.25) is 5.88 Å². The van der Waals surface area contributed by atoms with Crippen LogP contribution < -0.4 is 10.1 Å². The van der Waals surface area contributed by atoms with Crippen LogP contribution in [0.15, 0.2) is 6.33 Å². The van der Waals surface area contributed by atoms with Crippen molar-refractivity contribution in [2.24, 2.45) is 0 Å². The Morgan fingerprint density at radius 2 is 1.90 bits per heavy atom. The van der Waals surface area contributed by atoms with Crippen LogP contribution in [0.1, 0.15) is 46.1 Å². The summed E-state index contributed by atoms with van der Waals surface area (Å²) in [5.41, 5.74) is 1.05. The van der Waals surface area contributed by atoms with Crippen molar-refractivity contribution >= 4 is 5.82 Å². The lowest BCUT2D eigenvalue weighted by atomic mass is 10.1. The number of nitrogens with zero attached hydrogens (tertiary/aromatic N) is 3. The van der Waals surface area contributed by atoms with E-state index in [9.17, 15) is 0 Å². The van der Waals surface area contributed by atoms with Crippen LogP contribution in [-0.4, -0.2) is 47.7 Å². The highest BCUT2D eigenvalue weighted by atomic mass is 16.5. The molecule has 0 aliphatic rings. The first kappa shape index (κ1) is 17.7. The third kappa shape index (κ3) is 5.16. The number of likely N-dealkylation sites (N-methyl/N-ethyl adjacent to an activating group) is 1. The van der Waals surface area contributed by atoms with E-state index in [-0.39, 0.29) is 5.54 Å². The standard InChI is InChI=1S/C16H30N4O/c1-7-9-13-14(17-10-8-2)18-12-19-15(13)21-11-16(3,4)20(5)6/h12H,7-11H2,1-6H3,(H,17,18,19). The predicted molar refractivity (Wildman–Crippen MR) is 88.1 cm³/mol. The van der Waals surface area contributed by atoms with Crippen LogP contribution in [0, 0.1) is 0 Å². The third-order valence-electron chi connectivity index (χ3n) is 3.72. The van der Waals surface area contributed by atoms with Crippen molar-refractivity contribution in [2.75, 3.05) is 32.6 Å². The first-order chi connectivity index (χ1) is 9.92. The summed E-state index contributed by atoms with van der Waals surface area (Å²) >= 11 is 0. The number of aromatic nitrogens is 2. The van der Waals surface area contributed by atoms with E-state index in [2.05, 4.69) is 62.0 Å². The molecular formula is C16H30N4O. The molecule has 21 heavy (non-hydrogen) atoms. The molecule has 1 aromatic rings. The van der Waals surface area contributed by atoms with Crippen molar-refractivity contribution in [1.82, 2.24) is 14.9 Å². The highest BCUT2D eigenvalue weighted by Crippen LogP contribution is 2.25. The zero-order valence-corrected chi connectivity index (χ0v) is 14.4. The summed E-state index contributed by atoms with van der Waals surface area (Å²) in [4.78, 5) is 10.9. The molecule has 1 rings (SSSR count).